The summed E-state index contributed by atoms with van der Waals surface area (Å²) in [5, 5.41) is 14.8. The van der Waals surface area contributed by atoms with Crippen molar-refractivity contribution in [2.75, 3.05) is 5.32 Å². The maximum absolute atomic E-state index is 9.54. The van der Waals surface area contributed by atoms with Crippen molar-refractivity contribution in [1.29, 1.82) is 0 Å². The summed E-state index contributed by atoms with van der Waals surface area (Å²) < 4.78 is 0. The number of halogens is 1. The molecule has 3 rings (SSSR count). The molecule has 0 unspecified atom stereocenters. The molecular weight excluding hydrogens is 260 g/mol. The standard InChI is InChI=1S/C15H17ClN2O/c16-13-7-8-14(15-12(13)2-1-9-17-15)18-10-3-5-11(19)6-4-10/h1-2,7-11,18-19H,3-6H2. The average Bonchev–Trinajstić information content (AvgIpc) is 2.45. The van der Waals surface area contributed by atoms with Crippen LogP contribution in [0.15, 0.2) is 30.5 Å². The van der Waals surface area contributed by atoms with Crippen molar-refractivity contribution in [1.82, 2.24) is 4.98 Å². The van der Waals surface area contributed by atoms with E-state index in [1.54, 1.807) is 6.20 Å². The summed E-state index contributed by atoms with van der Waals surface area (Å²) in [6.45, 7) is 0. The van der Waals surface area contributed by atoms with E-state index >= 15 is 0 Å². The number of aliphatic hydroxyl groups is 1. The summed E-state index contributed by atoms with van der Waals surface area (Å²) in [6, 6.07) is 8.19. The first-order chi connectivity index (χ1) is 9.24. The average molecular weight is 277 g/mol. The van der Waals surface area contributed by atoms with Crippen LogP contribution in [0.1, 0.15) is 25.7 Å². The van der Waals surface area contributed by atoms with Gasteiger partial charge in [-0.1, -0.05) is 11.6 Å². The number of hydrogen-bond acceptors (Lipinski definition) is 3. The molecule has 0 amide bonds. The minimum atomic E-state index is -0.127. The van der Waals surface area contributed by atoms with Crippen molar-refractivity contribution in [3.8, 4) is 0 Å². The fourth-order valence-corrected chi connectivity index (χ4v) is 2.91. The third kappa shape index (κ3) is 2.67. The van der Waals surface area contributed by atoms with Gasteiger partial charge in [0.2, 0.25) is 0 Å². The zero-order chi connectivity index (χ0) is 13.2. The number of fused-ring (bicyclic) bond motifs is 1. The zero-order valence-electron chi connectivity index (χ0n) is 10.6. The minimum absolute atomic E-state index is 0.127. The molecule has 4 heteroatoms. The topological polar surface area (TPSA) is 45.1 Å². The van der Waals surface area contributed by atoms with Gasteiger partial charge >= 0.3 is 0 Å². The number of pyridine rings is 1. The number of nitrogens with one attached hydrogen (secondary N) is 1. The molecule has 0 radical (unpaired) electrons. The van der Waals surface area contributed by atoms with E-state index in [2.05, 4.69) is 10.3 Å². The lowest BCUT2D eigenvalue weighted by molar-refractivity contribution is 0.126. The van der Waals surface area contributed by atoms with E-state index in [0.717, 1.165) is 47.3 Å². The van der Waals surface area contributed by atoms with Crippen molar-refractivity contribution in [2.24, 2.45) is 0 Å². The number of anilines is 1. The van der Waals surface area contributed by atoms with E-state index in [-0.39, 0.29) is 6.10 Å². The molecule has 0 atom stereocenters. The maximum Gasteiger partial charge on any atom is 0.0948 e. The molecule has 2 N–H and O–H groups in total. The van der Waals surface area contributed by atoms with Gasteiger partial charge in [-0.05, 0) is 49.9 Å². The van der Waals surface area contributed by atoms with E-state index in [0.29, 0.717) is 6.04 Å². The fraction of sp³-hybridized carbons (Fsp3) is 0.400. The summed E-state index contributed by atoms with van der Waals surface area (Å²) in [7, 11) is 0. The van der Waals surface area contributed by atoms with Crippen LogP contribution in [0.3, 0.4) is 0 Å². The summed E-state index contributed by atoms with van der Waals surface area (Å²) in [5.74, 6) is 0. The van der Waals surface area contributed by atoms with Gasteiger partial charge in [0.05, 0.1) is 22.3 Å². The Labute approximate surface area is 117 Å². The molecule has 19 heavy (non-hydrogen) atoms. The van der Waals surface area contributed by atoms with Crippen LogP contribution < -0.4 is 5.32 Å². The molecule has 2 aromatic rings. The van der Waals surface area contributed by atoms with Crippen LogP contribution in [0.4, 0.5) is 5.69 Å². The molecule has 1 heterocycles. The Morgan fingerprint density at radius 2 is 1.95 bits per heavy atom. The third-order valence-corrected chi connectivity index (χ3v) is 4.10. The number of nitrogens with zero attached hydrogens (tertiary/aromatic N) is 1. The second-order valence-electron chi connectivity index (χ2n) is 5.14. The highest BCUT2D eigenvalue weighted by atomic mass is 35.5. The second-order valence-corrected chi connectivity index (χ2v) is 5.55. The van der Waals surface area contributed by atoms with Gasteiger partial charge in [0.25, 0.3) is 0 Å². The number of rotatable bonds is 2. The van der Waals surface area contributed by atoms with E-state index < -0.39 is 0 Å². The monoisotopic (exact) mass is 276 g/mol. The number of hydrogen-bond donors (Lipinski definition) is 2. The molecule has 1 fully saturated rings. The molecule has 1 aromatic heterocycles. The van der Waals surface area contributed by atoms with Crippen LogP contribution in [0, 0.1) is 0 Å². The first-order valence-electron chi connectivity index (χ1n) is 6.72. The van der Waals surface area contributed by atoms with Crippen molar-refractivity contribution in [3.05, 3.63) is 35.5 Å². The second kappa shape index (κ2) is 5.35. The predicted molar refractivity (Wildman–Crippen MR) is 78.6 cm³/mol. The summed E-state index contributed by atoms with van der Waals surface area (Å²) >= 11 is 6.19. The largest absolute Gasteiger partial charge is 0.393 e. The van der Waals surface area contributed by atoms with E-state index in [9.17, 15) is 5.11 Å². The first-order valence-corrected chi connectivity index (χ1v) is 7.09. The SMILES string of the molecule is OC1CCC(Nc2ccc(Cl)c3cccnc23)CC1. The van der Waals surface area contributed by atoms with Gasteiger partial charge in [-0.2, -0.15) is 0 Å². The molecule has 3 nitrogen and oxygen atoms in total. The zero-order valence-corrected chi connectivity index (χ0v) is 11.4. The van der Waals surface area contributed by atoms with Gasteiger partial charge in [-0.25, -0.2) is 0 Å². The molecule has 1 aliphatic carbocycles. The molecule has 0 saturated heterocycles. The smallest absolute Gasteiger partial charge is 0.0948 e. The number of benzene rings is 1. The highest BCUT2D eigenvalue weighted by Gasteiger charge is 2.19. The van der Waals surface area contributed by atoms with E-state index in [1.165, 1.54) is 0 Å². The molecular formula is C15H17ClN2O. The van der Waals surface area contributed by atoms with Crippen LogP contribution in [-0.4, -0.2) is 22.2 Å². The first kappa shape index (κ1) is 12.7. The molecule has 100 valence electrons. The lowest BCUT2D eigenvalue weighted by atomic mass is 9.93. The van der Waals surface area contributed by atoms with Gasteiger partial charge in [-0.3, -0.25) is 4.98 Å². The molecule has 1 aromatic carbocycles. The maximum atomic E-state index is 9.54. The molecule has 0 bridgehead atoms. The predicted octanol–water partition coefficient (Wildman–Crippen LogP) is 3.60. The molecule has 0 aliphatic heterocycles. The van der Waals surface area contributed by atoms with Gasteiger partial charge in [0.1, 0.15) is 0 Å². The number of aromatic nitrogens is 1. The Morgan fingerprint density at radius 3 is 2.74 bits per heavy atom. The fourth-order valence-electron chi connectivity index (χ4n) is 2.69. The van der Waals surface area contributed by atoms with E-state index in [4.69, 9.17) is 11.6 Å². The van der Waals surface area contributed by atoms with Crippen molar-refractivity contribution in [3.63, 3.8) is 0 Å². The van der Waals surface area contributed by atoms with Crippen molar-refractivity contribution < 1.29 is 5.11 Å². The highest BCUT2D eigenvalue weighted by molar-refractivity contribution is 6.35. The summed E-state index contributed by atoms with van der Waals surface area (Å²) in [6.07, 6.45) is 5.40. The normalized spacial score (nSPS) is 23.5. The van der Waals surface area contributed by atoms with Gasteiger partial charge in [-0.15, -0.1) is 0 Å². The number of aliphatic hydroxyl groups excluding tert-OH is 1. The Kier molecular flexibility index (Phi) is 3.58. The van der Waals surface area contributed by atoms with E-state index in [1.807, 2.05) is 24.3 Å². The third-order valence-electron chi connectivity index (χ3n) is 3.77. The Morgan fingerprint density at radius 1 is 1.16 bits per heavy atom. The Bertz CT molecular complexity index is 579. The lowest BCUT2D eigenvalue weighted by Crippen LogP contribution is -2.28. The summed E-state index contributed by atoms with van der Waals surface area (Å²) in [4.78, 5) is 4.43. The van der Waals surface area contributed by atoms with Crippen LogP contribution in [0.2, 0.25) is 5.02 Å². The Hall–Kier alpha value is -1.32. The molecule has 1 aliphatic rings. The summed E-state index contributed by atoms with van der Waals surface area (Å²) in [5.41, 5.74) is 1.95. The van der Waals surface area contributed by atoms with Crippen LogP contribution in [0.25, 0.3) is 10.9 Å². The lowest BCUT2D eigenvalue weighted by Gasteiger charge is -2.27. The highest BCUT2D eigenvalue weighted by Crippen LogP contribution is 2.30. The van der Waals surface area contributed by atoms with Crippen molar-refractivity contribution in [2.45, 2.75) is 37.8 Å². The molecule has 0 spiro atoms. The van der Waals surface area contributed by atoms with Crippen LogP contribution in [0.5, 0.6) is 0 Å². The van der Waals surface area contributed by atoms with Gasteiger partial charge in [0.15, 0.2) is 0 Å². The molecule has 1 saturated carbocycles. The quantitative estimate of drug-likeness (QED) is 0.881. The van der Waals surface area contributed by atoms with Crippen LogP contribution in [-0.2, 0) is 0 Å². The van der Waals surface area contributed by atoms with Gasteiger partial charge in [0, 0.05) is 17.6 Å². The Balaban J connectivity index is 1.87. The minimum Gasteiger partial charge on any atom is -0.393 e. The van der Waals surface area contributed by atoms with Crippen LogP contribution >= 0.6 is 11.6 Å². The van der Waals surface area contributed by atoms with Gasteiger partial charge < -0.3 is 10.4 Å². The van der Waals surface area contributed by atoms with Crippen molar-refractivity contribution >= 4 is 28.2 Å².